The zero-order valence-electron chi connectivity index (χ0n) is 9.62. The van der Waals surface area contributed by atoms with Gasteiger partial charge in [-0.1, -0.05) is 13.0 Å². The maximum absolute atomic E-state index is 8.97. The molecule has 0 saturated carbocycles. The number of rotatable bonds is 6. The highest BCUT2D eigenvalue weighted by Crippen LogP contribution is 2.21. The van der Waals surface area contributed by atoms with Crippen LogP contribution in [0.1, 0.15) is 18.9 Å². The lowest BCUT2D eigenvalue weighted by atomic mass is 10.2. The van der Waals surface area contributed by atoms with Crippen LogP contribution >= 0.6 is 15.9 Å². The Bertz CT molecular complexity index is 325. The smallest absolute Gasteiger partial charge is 0.0558 e. The minimum absolute atomic E-state index is 0.200. The third kappa shape index (κ3) is 4.12. The largest absolute Gasteiger partial charge is 0.398 e. The van der Waals surface area contributed by atoms with E-state index in [9.17, 15) is 0 Å². The molecule has 90 valence electrons. The number of hydrogen-bond acceptors (Lipinski definition) is 3. The van der Waals surface area contributed by atoms with E-state index < -0.39 is 0 Å². The summed E-state index contributed by atoms with van der Waals surface area (Å²) in [5.41, 5.74) is 7.77. The van der Waals surface area contributed by atoms with E-state index in [0.717, 1.165) is 29.7 Å². The average Bonchev–Trinajstić information content (AvgIpc) is 2.24. The molecule has 4 heteroatoms. The molecule has 0 amide bonds. The summed E-state index contributed by atoms with van der Waals surface area (Å²) in [4.78, 5) is 2.22. The Kier molecular flexibility index (Phi) is 5.80. The van der Waals surface area contributed by atoms with E-state index in [-0.39, 0.29) is 6.61 Å². The van der Waals surface area contributed by atoms with Crippen LogP contribution in [0.25, 0.3) is 0 Å². The minimum atomic E-state index is 0.200. The zero-order valence-corrected chi connectivity index (χ0v) is 11.2. The third-order valence-corrected chi connectivity index (χ3v) is 3.14. The summed E-state index contributed by atoms with van der Waals surface area (Å²) in [6, 6.07) is 6.00. The summed E-state index contributed by atoms with van der Waals surface area (Å²) in [5, 5.41) is 8.97. The molecule has 0 aliphatic heterocycles. The van der Waals surface area contributed by atoms with Crippen molar-refractivity contribution in [3.05, 3.63) is 28.2 Å². The van der Waals surface area contributed by atoms with E-state index in [0.29, 0.717) is 6.54 Å². The fourth-order valence-corrected chi connectivity index (χ4v) is 1.92. The van der Waals surface area contributed by atoms with E-state index >= 15 is 0 Å². The normalized spacial score (nSPS) is 11.0. The Hall–Kier alpha value is -0.580. The molecule has 0 bridgehead atoms. The van der Waals surface area contributed by atoms with Crippen LogP contribution in [0, 0.1) is 0 Å². The van der Waals surface area contributed by atoms with Gasteiger partial charge in [-0.3, -0.25) is 4.90 Å². The van der Waals surface area contributed by atoms with Crippen LogP contribution in [0.4, 0.5) is 5.69 Å². The number of aliphatic hydroxyl groups excluding tert-OH is 1. The number of nitrogen functional groups attached to an aromatic ring is 1. The number of aliphatic hydroxyl groups is 1. The van der Waals surface area contributed by atoms with E-state index in [4.69, 9.17) is 10.8 Å². The second-order valence-corrected chi connectivity index (χ2v) is 4.71. The van der Waals surface area contributed by atoms with Gasteiger partial charge in [0.1, 0.15) is 0 Å². The molecule has 0 unspecified atom stereocenters. The van der Waals surface area contributed by atoms with Crippen LogP contribution in [0.15, 0.2) is 22.7 Å². The first kappa shape index (κ1) is 13.5. The fraction of sp³-hybridized carbons (Fsp3) is 0.500. The molecule has 3 nitrogen and oxygen atoms in total. The Morgan fingerprint density at radius 1 is 1.38 bits per heavy atom. The molecule has 0 heterocycles. The molecule has 16 heavy (non-hydrogen) atoms. The predicted octanol–water partition coefficient (Wildman–Crippen LogP) is 2.24. The lowest BCUT2D eigenvalue weighted by Crippen LogP contribution is -2.27. The van der Waals surface area contributed by atoms with Crippen molar-refractivity contribution in [3.8, 4) is 0 Å². The molecule has 1 rings (SSSR count). The zero-order chi connectivity index (χ0) is 12.0. The molecule has 1 aromatic carbocycles. The molecule has 0 atom stereocenters. The lowest BCUT2D eigenvalue weighted by Gasteiger charge is -2.20. The first-order valence-corrected chi connectivity index (χ1v) is 6.33. The van der Waals surface area contributed by atoms with Crippen molar-refractivity contribution >= 4 is 21.6 Å². The van der Waals surface area contributed by atoms with Gasteiger partial charge < -0.3 is 10.8 Å². The van der Waals surface area contributed by atoms with Crippen molar-refractivity contribution < 1.29 is 5.11 Å². The number of hydrogen-bond donors (Lipinski definition) is 2. The first-order chi connectivity index (χ1) is 7.67. The second-order valence-electron chi connectivity index (χ2n) is 3.86. The van der Waals surface area contributed by atoms with Crippen LogP contribution in [0.2, 0.25) is 0 Å². The number of nitrogens with two attached hydrogens (primary N) is 1. The second kappa shape index (κ2) is 6.89. The number of nitrogens with zero attached hydrogens (tertiary/aromatic N) is 1. The fourth-order valence-electron chi connectivity index (χ4n) is 1.68. The quantitative estimate of drug-likeness (QED) is 0.789. The highest BCUT2D eigenvalue weighted by atomic mass is 79.9. The van der Waals surface area contributed by atoms with E-state index in [1.165, 1.54) is 5.56 Å². The summed E-state index contributed by atoms with van der Waals surface area (Å²) in [5.74, 6) is 0. The van der Waals surface area contributed by atoms with Gasteiger partial charge in [0.2, 0.25) is 0 Å². The van der Waals surface area contributed by atoms with Crippen LogP contribution in [0.3, 0.4) is 0 Å². The van der Waals surface area contributed by atoms with Crippen LogP contribution in [0.5, 0.6) is 0 Å². The van der Waals surface area contributed by atoms with Gasteiger partial charge in [0.25, 0.3) is 0 Å². The summed E-state index contributed by atoms with van der Waals surface area (Å²) in [6.45, 7) is 4.89. The van der Waals surface area contributed by atoms with Crippen LogP contribution in [-0.4, -0.2) is 29.7 Å². The summed E-state index contributed by atoms with van der Waals surface area (Å²) < 4.78 is 0.931. The number of benzene rings is 1. The van der Waals surface area contributed by atoms with Gasteiger partial charge in [0.15, 0.2) is 0 Å². The SMILES string of the molecule is CCCN(CCO)Cc1ccc(Br)c(N)c1. The van der Waals surface area contributed by atoms with Gasteiger partial charge >= 0.3 is 0 Å². The Morgan fingerprint density at radius 3 is 2.69 bits per heavy atom. The highest BCUT2D eigenvalue weighted by molar-refractivity contribution is 9.10. The van der Waals surface area contributed by atoms with Crippen molar-refractivity contribution in [1.29, 1.82) is 0 Å². The summed E-state index contributed by atoms with van der Waals surface area (Å²) in [6.07, 6.45) is 1.09. The molecular weight excluding hydrogens is 268 g/mol. The molecule has 0 fully saturated rings. The molecule has 0 spiro atoms. The van der Waals surface area contributed by atoms with Crippen molar-refractivity contribution in [2.24, 2.45) is 0 Å². The summed E-state index contributed by atoms with van der Waals surface area (Å²) in [7, 11) is 0. The molecule has 0 aliphatic rings. The Balaban J connectivity index is 2.65. The summed E-state index contributed by atoms with van der Waals surface area (Å²) >= 11 is 3.38. The van der Waals surface area contributed by atoms with E-state index in [1.807, 2.05) is 12.1 Å². The van der Waals surface area contributed by atoms with E-state index in [1.54, 1.807) is 0 Å². The van der Waals surface area contributed by atoms with Gasteiger partial charge in [-0.15, -0.1) is 0 Å². The standard InChI is InChI=1S/C12H19BrN2O/c1-2-5-15(6-7-16)9-10-3-4-11(13)12(14)8-10/h3-4,8,16H,2,5-7,9,14H2,1H3. The molecule has 3 N–H and O–H groups in total. The minimum Gasteiger partial charge on any atom is -0.398 e. The molecular formula is C12H19BrN2O. The third-order valence-electron chi connectivity index (χ3n) is 2.42. The number of anilines is 1. The highest BCUT2D eigenvalue weighted by Gasteiger charge is 2.05. The maximum atomic E-state index is 8.97. The van der Waals surface area contributed by atoms with Gasteiger partial charge in [-0.05, 0) is 46.6 Å². The van der Waals surface area contributed by atoms with Gasteiger partial charge in [-0.25, -0.2) is 0 Å². The van der Waals surface area contributed by atoms with Crippen LogP contribution in [-0.2, 0) is 6.54 Å². The average molecular weight is 287 g/mol. The van der Waals surface area contributed by atoms with E-state index in [2.05, 4.69) is 33.8 Å². The maximum Gasteiger partial charge on any atom is 0.0558 e. The molecule has 0 aliphatic carbocycles. The topological polar surface area (TPSA) is 49.5 Å². The van der Waals surface area contributed by atoms with Crippen LogP contribution < -0.4 is 5.73 Å². The molecule has 1 aromatic rings. The lowest BCUT2D eigenvalue weighted by molar-refractivity contribution is 0.190. The molecule has 0 radical (unpaired) electrons. The first-order valence-electron chi connectivity index (χ1n) is 5.54. The van der Waals surface area contributed by atoms with Crippen molar-refractivity contribution in [2.75, 3.05) is 25.4 Å². The molecule has 0 saturated heterocycles. The monoisotopic (exact) mass is 286 g/mol. The molecule has 0 aromatic heterocycles. The number of halogens is 1. The van der Waals surface area contributed by atoms with Crippen molar-refractivity contribution in [1.82, 2.24) is 4.90 Å². The predicted molar refractivity (Wildman–Crippen MR) is 71.2 cm³/mol. The van der Waals surface area contributed by atoms with Crippen molar-refractivity contribution in [3.63, 3.8) is 0 Å². The Labute approximate surface area is 105 Å². The van der Waals surface area contributed by atoms with Gasteiger partial charge in [0, 0.05) is 23.2 Å². The van der Waals surface area contributed by atoms with Gasteiger partial charge in [0.05, 0.1) is 6.61 Å². The van der Waals surface area contributed by atoms with Crippen molar-refractivity contribution in [2.45, 2.75) is 19.9 Å². The Morgan fingerprint density at radius 2 is 2.12 bits per heavy atom. The van der Waals surface area contributed by atoms with Gasteiger partial charge in [-0.2, -0.15) is 0 Å².